The number of para-hydroxylation sites is 3. The fourth-order valence-electron chi connectivity index (χ4n) is 3.24. The van der Waals surface area contributed by atoms with Crippen molar-refractivity contribution in [1.82, 2.24) is 0 Å². The Labute approximate surface area is 136 Å². The minimum absolute atomic E-state index is 0.331. The zero-order valence-corrected chi connectivity index (χ0v) is 13.5. The predicted octanol–water partition coefficient (Wildman–Crippen LogP) is 2.58. The van der Waals surface area contributed by atoms with Crippen LogP contribution in [0.4, 0.5) is 11.4 Å². The van der Waals surface area contributed by atoms with Crippen molar-refractivity contribution in [2.24, 2.45) is 0 Å². The molecular weight excluding hydrogens is 312 g/mol. The quantitative estimate of drug-likeness (QED) is 0.850. The molecule has 0 bridgehead atoms. The van der Waals surface area contributed by atoms with Gasteiger partial charge in [0.25, 0.3) is 0 Å². The van der Waals surface area contributed by atoms with E-state index >= 15 is 0 Å². The van der Waals surface area contributed by atoms with E-state index in [1.165, 1.54) is 8.61 Å². The Morgan fingerprint density at radius 2 is 1.57 bits per heavy atom. The molecule has 5 nitrogen and oxygen atoms in total. The summed E-state index contributed by atoms with van der Waals surface area (Å²) in [7, 11) is -3.63. The number of benzene rings is 2. The van der Waals surface area contributed by atoms with Gasteiger partial charge in [-0.1, -0.05) is 30.3 Å². The number of fused-ring (bicyclic) bond motifs is 2. The molecule has 0 saturated carbocycles. The van der Waals surface area contributed by atoms with E-state index in [9.17, 15) is 8.42 Å². The zero-order chi connectivity index (χ0) is 15.9. The van der Waals surface area contributed by atoms with Crippen molar-refractivity contribution in [3.8, 4) is 5.75 Å². The first kappa shape index (κ1) is 14.4. The van der Waals surface area contributed by atoms with Crippen LogP contribution in [0, 0.1) is 0 Å². The van der Waals surface area contributed by atoms with E-state index in [0.29, 0.717) is 31.1 Å². The molecule has 0 aromatic heterocycles. The molecule has 0 spiro atoms. The second-order valence-corrected chi connectivity index (χ2v) is 7.48. The van der Waals surface area contributed by atoms with Crippen LogP contribution < -0.4 is 13.3 Å². The van der Waals surface area contributed by atoms with Crippen LogP contribution in [0.3, 0.4) is 0 Å². The Morgan fingerprint density at radius 3 is 2.43 bits per heavy atom. The van der Waals surface area contributed by atoms with E-state index in [0.717, 1.165) is 24.1 Å². The molecule has 0 amide bonds. The number of hydrogen-bond acceptors (Lipinski definition) is 3. The SMILES string of the molecule is O=S(=O)(N1CCCc2ccccc21)N1CCOc2ccccc21. The van der Waals surface area contributed by atoms with E-state index < -0.39 is 10.2 Å². The molecule has 0 atom stereocenters. The molecule has 0 N–H and O–H groups in total. The smallest absolute Gasteiger partial charge is 0.326 e. The average molecular weight is 330 g/mol. The highest BCUT2D eigenvalue weighted by molar-refractivity contribution is 7.94. The lowest BCUT2D eigenvalue weighted by molar-refractivity contribution is 0.315. The summed E-state index contributed by atoms with van der Waals surface area (Å²) in [5.41, 5.74) is 2.49. The molecule has 0 aliphatic carbocycles. The summed E-state index contributed by atoms with van der Waals surface area (Å²) in [4.78, 5) is 0. The van der Waals surface area contributed by atoms with E-state index in [1.54, 1.807) is 12.1 Å². The summed E-state index contributed by atoms with van der Waals surface area (Å²) in [5, 5.41) is 0. The van der Waals surface area contributed by atoms with Gasteiger partial charge in [-0.25, -0.2) is 4.31 Å². The lowest BCUT2D eigenvalue weighted by Gasteiger charge is -2.37. The van der Waals surface area contributed by atoms with Crippen molar-refractivity contribution in [2.75, 3.05) is 28.3 Å². The van der Waals surface area contributed by atoms with Crippen molar-refractivity contribution in [3.63, 3.8) is 0 Å². The van der Waals surface area contributed by atoms with Gasteiger partial charge in [-0.05, 0) is 36.6 Å². The number of nitrogens with zero attached hydrogens (tertiary/aromatic N) is 2. The first-order valence-electron chi connectivity index (χ1n) is 7.78. The van der Waals surface area contributed by atoms with Gasteiger partial charge in [0, 0.05) is 6.54 Å². The van der Waals surface area contributed by atoms with Crippen LogP contribution in [0.5, 0.6) is 5.75 Å². The number of hydrogen-bond donors (Lipinski definition) is 0. The Morgan fingerprint density at radius 1 is 0.870 bits per heavy atom. The van der Waals surface area contributed by atoms with Crippen molar-refractivity contribution in [1.29, 1.82) is 0 Å². The largest absolute Gasteiger partial charge is 0.489 e. The molecule has 0 radical (unpaired) electrons. The summed E-state index contributed by atoms with van der Waals surface area (Å²) in [6.07, 6.45) is 1.75. The lowest BCUT2D eigenvalue weighted by Crippen LogP contribution is -2.49. The standard InChI is InChI=1S/C17H18N2O3S/c20-23(21,18-11-5-7-14-6-1-2-8-15(14)18)19-12-13-22-17-10-4-3-9-16(17)19/h1-4,6,8-10H,5,7,11-13H2. The summed E-state index contributed by atoms with van der Waals surface area (Å²) in [6.45, 7) is 1.21. The molecule has 2 heterocycles. The van der Waals surface area contributed by atoms with Crippen molar-refractivity contribution in [2.45, 2.75) is 12.8 Å². The minimum atomic E-state index is -3.63. The van der Waals surface area contributed by atoms with Gasteiger partial charge in [-0.2, -0.15) is 8.42 Å². The van der Waals surface area contributed by atoms with Crippen LogP contribution in [-0.4, -0.2) is 28.1 Å². The molecule has 2 aromatic carbocycles. The second-order valence-electron chi connectivity index (χ2n) is 5.70. The van der Waals surface area contributed by atoms with Crippen molar-refractivity contribution < 1.29 is 13.2 Å². The van der Waals surface area contributed by atoms with Crippen LogP contribution in [0.2, 0.25) is 0 Å². The van der Waals surface area contributed by atoms with Crippen LogP contribution in [-0.2, 0) is 16.6 Å². The van der Waals surface area contributed by atoms with Gasteiger partial charge < -0.3 is 4.74 Å². The third-order valence-corrected chi connectivity index (χ3v) is 6.18. The number of ether oxygens (including phenoxy) is 1. The van der Waals surface area contributed by atoms with Gasteiger partial charge in [0.1, 0.15) is 12.4 Å². The molecule has 2 aliphatic rings. The van der Waals surface area contributed by atoms with Crippen molar-refractivity contribution in [3.05, 3.63) is 54.1 Å². The normalized spacial score (nSPS) is 17.2. The highest BCUT2D eigenvalue weighted by Gasteiger charge is 2.35. The highest BCUT2D eigenvalue weighted by Crippen LogP contribution is 2.37. The minimum Gasteiger partial charge on any atom is -0.489 e. The highest BCUT2D eigenvalue weighted by atomic mass is 32.2. The Balaban J connectivity index is 1.78. The molecule has 0 saturated heterocycles. The molecule has 2 aromatic rings. The summed E-state index contributed by atoms with van der Waals surface area (Å²) in [5.74, 6) is 0.618. The van der Waals surface area contributed by atoms with Gasteiger partial charge in [0.2, 0.25) is 0 Å². The van der Waals surface area contributed by atoms with Gasteiger partial charge in [-0.15, -0.1) is 0 Å². The molecule has 120 valence electrons. The van der Waals surface area contributed by atoms with Crippen LogP contribution in [0.25, 0.3) is 0 Å². The van der Waals surface area contributed by atoms with Gasteiger partial charge in [0.15, 0.2) is 0 Å². The average Bonchev–Trinajstić information content (AvgIpc) is 2.60. The Bertz CT molecular complexity index is 772. The fraction of sp³-hybridized carbons (Fsp3) is 0.294. The molecule has 4 rings (SSSR count). The third-order valence-electron chi connectivity index (χ3n) is 4.31. The number of anilines is 2. The van der Waals surface area contributed by atoms with Crippen LogP contribution in [0.1, 0.15) is 12.0 Å². The van der Waals surface area contributed by atoms with Crippen molar-refractivity contribution >= 4 is 21.6 Å². The van der Waals surface area contributed by atoms with Crippen LogP contribution in [0.15, 0.2) is 48.5 Å². The molecule has 0 fully saturated rings. The van der Waals surface area contributed by atoms with E-state index in [-0.39, 0.29) is 0 Å². The first-order valence-corrected chi connectivity index (χ1v) is 9.18. The summed E-state index contributed by atoms with van der Waals surface area (Å²) >= 11 is 0. The first-order chi connectivity index (χ1) is 11.2. The number of aryl methyl sites for hydroxylation is 1. The monoisotopic (exact) mass is 330 g/mol. The van der Waals surface area contributed by atoms with Crippen LogP contribution >= 0.6 is 0 Å². The summed E-state index contributed by atoms with van der Waals surface area (Å²) in [6, 6.07) is 15.0. The van der Waals surface area contributed by atoms with Gasteiger partial charge in [0.05, 0.1) is 17.9 Å². The van der Waals surface area contributed by atoms with E-state index in [4.69, 9.17) is 4.74 Å². The van der Waals surface area contributed by atoms with Gasteiger partial charge >= 0.3 is 10.2 Å². The zero-order valence-electron chi connectivity index (χ0n) is 12.7. The lowest BCUT2D eigenvalue weighted by atomic mass is 10.0. The summed E-state index contributed by atoms with van der Waals surface area (Å²) < 4.78 is 35.1. The Kier molecular flexibility index (Phi) is 3.41. The van der Waals surface area contributed by atoms with Gasteiger partial charge in [-0.3, -0.25) is 4.31 Å². The molecule has 0 unspecified atom stereocenters. The maximum Gasteiger partial charge on any atom is 0.326 e. The molecule has 23 heavy (non-hydrogen) atoms. The maximum atomic E-state index is 13.3. The molecule has 2 aliphatic heterocycles. The molecule has 6 heteroatoms. The Hall–Kier alpha value is -2.21. The third kappa shape index (κ3) is 2.34. The van der Waals surface area contributed by atoms with E-state index in [2.05, 4.69) is 0 Å². The maximum absolute atomic E-state index is 13.3. The van der Waals surface area contributed by atoms with E-state index in [1.807, 2.05) is 36.4 Å². The number of rotatable bonds is 2. The molecular formula is C17H18N2O3S. The fourth-order valence-corrected chi connectivity index (χ4v) is 4.97. The predicted molar refractivity (Wildman–Crippen MR) is 90.3 cm³/mol. The topological polar surface area (TPSA) is 49.9 Å². The second kappa shape index (κ2) is 5.45.